The number of rotatable bonds is 6. The van der Waals surface area contributed by atoms with Gasteiger partial charge >= 0.3 is 5.97 Å². The van der Waals surface area contributed by atoms with Gasteiger partial charge in [0.05, 0.1) is 24.2 Å². The summed E-state index contributed by atoms with van der Waals surface area (Å²) in [6, 6.07) is 18.4. The van der Waals surface area contributed by atoms with Crippen molar-refractivity contribution in [3.63, 3.8) is 0 Å². The van der Waals surface area contributed by atoms with Crippen molar-refractivity contribution in [1.82, 2.24) is 4.57 Å². The van der Waals surface area contributed by atoms with Crippen LogP contribution in [0.25, 0.3) is 10.9 Å². The number of benzene rings is 3. The second kappa shape index (κ2) is 10.7. The summed E-state index contributed by atoms with van der Waals surface area (Å²) in [4.78, 5) is 11.8. The molecule has 178 valence electrons. The maximum atomic E-state index is 14.3. The zero-order chi connectivity index (χ0) is 24.9. The van der Waals surface area contributed by atoms with Gasteiger partial charge < -0.3 is 19.7 Å². The number of halogens is 2. The predicted molar refractivity (Wildman–Crippen MR) is 140 cm³/mol. The van der Waals surface area contributed by atoms with Gasteiger partial charge in [-0.15, -0.1) is 10.2 Å². The summed E-state index contributed by atoms with van der Waals surface area (Å²) in [5.74, 6) is -0.935. The van der Waals surface area contributed by atoms with Crippen LogP contribution in [0.15, 0.2) is 81.4 Å². The molecule has 35 heavy (non-hydrogen) atoms. The highest BCUT2D eigenvalue weighted by Gasteiger charge is 2.18. The van der Waals surface area contributed by atoms with Gasteiger partial charge in [0.15, 0.2) is 5.69 Å². The van der Waals surface area contributed by atoms with Crippen molar-refractivity contribution in [1.29, 1.82) is 0 Å². The first-order valence-corrected chi connectivity index (χ1v) is 11.8. The first kappa shape index (κ1) is 24.5. The van der Waals surface area contributed by atoms with E-state index in [1.807, 2.05) is 6.07 Å². The molecule has 7 nitrogen and oxygen atoms in total. The maximum absolute atomic E-state index is 14.3. The SMILES string of the molecule is CCOC(=O)c1ccc(NC(=S)N=Nc2c(O)n(Cc3ccccc3F)c3ccc(Br)cc23)cc1. The lowest BCUT2D eigenvalue weighted by molar-refractivity contribution is 0.0526. The lowest BCUT2D eigenvalue weighted by Crippen LogP contribution is -2.07. The number of aromatic hydroxyl groups is 1. The number of thiocarbonyl (C=S) groups is 1. The van der Waals surface area contributed by atoms with Crippen molar-refractivity contribution in [2.45, 2.75) is 13.5 Å². The molecule has 1 heterocycles. The molecular formula is C25H20BrFN4O3S. The zero-order valence-electron chi connectivity index (χ0n) is 18.5. The molecule has 4 aromatic rings. The third-order valence-electron chi connectivity index (χ3n) is 5.15. The summed E-state index contributed by atoms with van der Waals surface area (Å²) < 4.78 is 21.6. The zero-order valence-corrected chi connectivity index (χ0v) is 20.9. The number of nitrogens with zero attached hydrogens (tertiary/aromatic N) is 3. The summed E-state index contributed by atoms with van der Waals surface area (Å²) in [5.41, 5.74) is 2.32. The molecule has 0 aliphatic rings. The number of fused-ring (bicyclic) bond motifs is 1. The van der Waals surface area contributed by atoms with Crippen LogP contribution in [0.5, 0.6) is 5.88 Å². The van der Waals surface area contributed by atoms with E-state index in [1.165, 1.54) is 6.07 Å². The molecule has 0 aliphatic heterocycles. The van der Waals surface area contributed by atoms with Gasteiger partial charge in [-0.05, 0) is 67.7 Å². The minimum Gasteiger partial charge on any atom is -0.493 e. The van der Waals surface area contributed by atoms with E-state index < -0.39 is 5.97 Å². The van der Waals surface area contributed by atoms with Gasteiger partial charge in [-0.1, -0.05) is 34.1 Å². The van der Waals surface area contributed by atoms with Crippen molar-refractivity contribution >= 4 is 61.5 Å². The number of carbonyl (C=O) groups excluding carboxylic acids is 1. The molecule has 0 saturated carbocycles. The number of hydrogen-bond acceptors (Lipinski definition) is 5. The van der Waals surface area contributed by atoms with Gasteiger partial charge in [0.2, 0.25) is 11.0 Å². The normalized spacial score (nSPS) is 11.2. The number of anilines is 1. The topological polar surface area (TPSA) is 88.2 Å². The van der Waals surface area contributed by atoms with Crippen LogP contribution in [0, 0.1) is 5.82 Å². The van der Waals surface area contributed by atoms with E-state index in [4.69, 9.17) is 17.0 Å². The number of esters is 1. The average Bonchev–Trinajstić information content (AvgIpc) is 3.09. The Hall–Kier alpha value is -3.63. The van der Waals surface area contributed by atoms with E-state index in [-0.39, 0.29) is 29.0 Å². The van der Waals surface area contributed by atoms with Crippen LogP contribution in [0.1, 0.15) is 22.8 Å². The summed E-state index contributed by atoms with van der Waals surface area (Å²) >= 11 is 8.71. The van der Waals surface area contributed by atoms with Gasteiger partial charge in [0, 0.05) is 21.1 Å². The Kier molecular flexibility index (Phi) is 7.52. The van der Waals surface area contributed by atoms with E-state index in [9.17, 15) is 14.3 Å². The molecular weight excluding hydrogens is 535 g/mol. The minimum atomic E-state index is -0.408. The highest BCUT2D eigenvalue weighted by atomic mass is 79.9. The molecule has 0 fully saturated rings. The molecule has 0 saturated heterocycles. The first-order chi connectivity index (χ1) is 16.9. The van der Waals surface area contributed by atoms with Crippen molar-refractivity contribution in [2.24, 2.45) is 10.2 Å². The number of aromatic nitrogens is 1. The lowest BCUT2D eigenvalue weighted by atomic mass is 10.2. The van der Waals surface area contributed by atoms with E-state index in [2.05, 4.69) is 31.5 Å². The molecule has 2 N–H and O–H groups in total. The Morgan fingerprint density at radius 3 is 2.63 bits per heavy atom. The Labute approximate surface area is 214 Å². The Bertz CT molecular complexity index is 1440. The molecule has 0 bridgehead atoms. The monoisotopic (exact) mass is 554 g/mol. The Morgan fingerprint density at radius 1 is 1.17 bits per heavy atom. The van der Waals surface area contributed by atoms with Crippen molar-refractivity contribution in [2.75, 3.05) is 11.9 Å². The lowest BCUT2D eigenvalue weighted by Gasteiger charge is -2.08. The van der Waals surface area contributed by atoms with Gasteiger partial charge in [-0.2, -0.15) is 0 Å². The molecule has 0 unspecified atom stereocenters. The van der Waals surface area contributed by atoms with E-state index in [1.54, 1.807) is 66.1 Å². The largest absolute Gasteiger partial charge is 0.493 e. The predicted octanol–water partition coefficient (Wildman–Crippen LogP) is 6.95. The smallest absolute Gasteiger partial charge is 0.338 e. The minimum absolute atomic E-state index is 0.0540. The second-order valence-corrected chi connectivity index (χ2v) is 8.74. The van der Waals surface area contributed by atoms with Crippen LogP contribution in [0.2, 0.25) is 0 Å². The highest BCUT2D eigenvalue weighted by molar-refractivity contribution is 9.10. The molecule has 0 aliphatic carbocycles. The molecule has 0 spiro atoms. The highest BCUT2D eigenvalue weighted by Crippen LogP contribution is 2.40. The fourth-order valence-corrected chi connectivity index (χ4v) is 4.02. The Morgan fingerprint density at radius 2 is 1.91 bits per heavy atom. The molecule has 0 radical (unpaired) electrons. The van der Waals surface area contributed by atoms with E-state index in [0.717, 1.165) is 4.47 Å². The molecule has 0 amide bonds. The van der Waals surface area contributed by atoms with E-state index >= 15 is 0 Å². The molecule has 1 aromatic heterocycles. The summed E-state index contributed by atoms with van der Waals surface area (Å²) in [5, 5.41) is 22.8. The molecule has 3 aromatic carbocycles. The summed E-state index contributed by atoms with van der Waals surface area (Å²) in [6.07, 6.45) is 0. The fraction of sp³-hybridized carbons (Fsp3) is 0.120. The van der Waals surface area contributed by atoms with Gasteiger partial charge in [-0.3, -0.25) is 0 Å². The molecule has 0 atom stereocenters. The van der Waals surface area contributed by atoms with Crippen LogP contribution in [-0.4, -0.2) is 27.4 Å². The standard InChI is InChI=1S/C25H20BrFN4O3S/c1-2-34-24(33)15-7-10-18(11-8-15)28-25(35)30-29-22-19-13-17(26)9-12-21(19)31(23(22)32)14-16-5-3-4-6-20(16)27/h3-13,32H,2,14H2,1H3,(H,28,35). The average molecular weight is 555 g/mol. The Balaban J connectivity index is 1.59. The van der Waals surface area contributed by atoms with Crippen LogP contribution < -0.4 is 5.32 Å². The van der Waals surface area contributed by atoms with Crippen LogP contribution in [0.4, 0.5) is 15.8 Å². The summed E-state index contributed by atoms with van der Waals surface area (Å²) in [7, 11) is 0. The first-order valence-electron chi connectivity index (χ1n) is 10.6. The quantitative estimate of drug-likeness (QED) is 0.153. The third kappa shape index (κ3) is 5.55. The maximum Gasteiger partial charge on any atom is 0.338 e. The number of azo groups is 1. The molecule has 4 rings (SSSR count). The number of nitrogens with one attached hydrogen (secondary N) is 1. The summed E-state index contributed by atoms with van der Waals surface area (Å²) in [6.45, 7) is 2.15. The van der Waals surface area contributed by atoms with Gasteiger partial charge in [0.25, 0.3) is 0 Å². The van der Waals surface area contributed by atoms with Crippen molar-refractivity contribution in [3.05, 3.63) is 88.1 Å². The van der Waals surface area contributed by atoms with Crippen LogP contribution in [0.3, 0.4) is 0 Å². The number of ether oxygens (including phenoxy) is 1. The van der Waals surface area contributed by atoms with Crippen LogP contribution >= 0.6 is 28.1 Å². The van der Waals surface area contributed by atoms with E-state index in [0.29, 0.717) is 34.3 Å². The van der Waals surface area contributed by atoms with Gasteiger partial charge in [0.1, 0.15) is 5.82 Å². The fourth-order valence-electron chi connectivity index (χ4n) is 3.50. The van der Waals surface area contributed by atoms with Crippen molar-refractivity contribution in [3.8, 4) is 5.88 Å². The third-order valence-corrected chi connectivity index (χ3v) is 5.82. The van der Waals surface area contributed by atoms with Crippen LogP contribution in [-0.2, 0) is 11.3 Å². The van der Waals surface area contributed by atoms with Crippen molar-refractivity contribution < 1.29 is 19.0 Å². The second-order valence-electron chi connectivity index (χ2n) is 7.44. The molecule has 10 heteroatoms. The van der Waals surface area contributed by atoms with Gasteiger partial charge in [-0.25, -0.2) is 9.18 Å². The number of hydrogen-bond donors (Lipinski definition) is 2. The number of carbonyl (C=O) groups is 1.